The lowest BCUT2D eigenvalue weighted by Gasteiger charge is -2.09. The van der Waals surface area contributed by atoms with Crippen LogP contribution in [0, 0.1) is 0 Å². The van der Waals surface area contributed by atoms with Crippen LogP contribution < -0.4 is 15.4 Å². The number of ether oxygens (including phenoxy) is 1. The number of halogens is 1. The van der Waals surface area contributed by atoms with Crippen LogP contribution in [0.1, 0.15) is 24.3 Å². The van der Waals surface area contributed by atoms with E-state index in [0.717, 1.165) is 5.69 Å². The lowest BCUT2D eigenvalue weighted by atomic mass is 10.3. The Morgan fingerprint density at radius 3 is 2.59 bits per heavy atom. The SMILES string of the molecule is COc1ccc(Nc2cnc(C(=O)NC(C)C)cn2)cc1Cl. The Morgan fingerprint density at radius 2 is 2.05 bits per heavy atom. The van der Waals surface area contributed by atoms with Crippen molar-refractivity contribution >= 4 is 29.0 Å². The third-order valence-electron chi connectivity index (χ3n) is 2.73. The van der Waals surface area contributed by atoms with Gasteiger partial charge >= 0.3 is 0 Å². The molecule has 0 saturated heterocycles. The van der Waals surface area contributed by atoms with Gasteiger partial charge in [0, 0.05) is 11.7 Å². The van der Waals surface area contributed by atoms with Crippen LogP contribution in [0.2, 0.25) is 5.02 Å². The lowest BCUT2D eigenvalue weighted by Crippen LogP contribution is -2.30. The predicted molar refractivity (Wildman–Crippen MR) is 85.9 cm³/mol. The normalized spacial score (nSPS) is 10.4. The number of nitrogens with one attached hydrogen (secondary N) is 2. The van der Waals surface area contributed by atoms with Crippen LogP contribution >= 0.6 is 11.6 Å². The number of aromatic nitrogens is 2. The molecule has 2 aromatic rings. The third kappa shape index (κ3) is 4.08. The van der Waals surface area contributed by atoms with Gasteiger partial charge in [-0.15, -0.1) is 0 Å². The number of carbonyl (C=O) groups excluding carboxylic acids is 1. The van der Waals surface area contributed by atoms with Crippen LogP contribution in [-0.2, 0) is 0 Å². The fourth-order valence-corrected chi connectivity index (χ4v) is 2.00. The summed E-state index contributed by atoms with van der Waals surface area (Å²) in [6.45, 7) is 3.77. The Hall–Kier alpha value is -2.34. The van der Waals surface area contributed by atoms with Gasteiger partial charge in [-0.3, -0.25) is 4.79 Å². The molecule has 0 radical (unpaired) electrons. The van der Waals surface area contributed by atoms with Gasteiger partial charge in [-0.2, -0.15) is 0 Å². The molecule has 0 unspecified atom stereocenters. The van der Waals surface area contributed by atoms with Gasteiger partial charge in [0.15, 0.2) is 0 Å². The highest BCUT2D eigenvalue weighted by Gasteiger charge is 2.09. The van der Waals surface area contributed by atoms with Crippen molar-refractivity contribution in [2.75, 3.05) is 12.4 Å². The molecule has 0 aliphatic heterocycles. The molecule has 6 nitrogen and oxygen atoms in total. The van der Waals surface area contributed by atoms with Gasteiger partial charge in [0.25, 0.3) is 5.91 Å². The van der Waals surface area contributed by atoms with E-state index in [0.29, 0.717) is 16.6 Å². The second-order valence-electron chi connectivity index (χ2n) is 4.89. The number of hydrogen-bond acceptors (Lipinski definition) is 5. The van der Waals surface area contributed by atoms with Crippen molar-refractivity contribution in [3.63, 3.8) is 0 Å². The zero-order chi connectivity index (χ0) is 16.1. The summed E-state index contributed by atoms with van der Waals surface area (Å²) in [6.07, 6.45) is 2.92. The van der Waals surface area contributed by atoms with Crippen LogP contribution in [0.4, 0.5) is 11.5 Å². The average Bonchev–Trinajstić information content (AvgIpc) is 2.47. The molecule has 116 valence electrons. The second kappa shape index (κ2) is 7.09. The first-order valence-electron chi connectivity index (χ1n) is 6.73. The van der Waals surface area contributed by atoms with Gasteiger partial charge in [0.2, 0.25) is 0 Å². The molecule has 0 aliphatic carbocycles. The minimum absolute atomic E-state index is 0.0496. The summed E-state index contributed by atoms with van der Waals surface area (Å²) in [5.74, 6) is 0.864. The van der Waals surface area contributed by atoms with Gasteiger partial charge < -0.3 is 15.4 Å². The first-order valence-corrected chi connectivity index (χ1v) is 7.11. The summed E-state index contributed by atoms with van der Waals surface area (Å²) in [6, 6.07) is 5.34. The Labute approximate surface area is 133 Å². The minimum atomic E-state index is -0.249. The molecule has 2 rings (SSSR count). The number of nitrogens with zero attached hydrogens (tertiary/aromatic N) is 2. The van der Waals surface area contributed by atoms with E-state index < -0.39 is 0 Å². The average molecular weight is 321 g/mol. The van der Waals surface area contributed by atoms with Crippen molar-refractivity contribution in [1.82, 2.24) is 15.3 Å². The Morgan fingerprint density at radius 1 is 1.27 bits per heavy atom. The molecule has 1 amide bonds. The number of carbonyl (C=O) groups is 1. The summed E-state index contributed by atoms with van der Waals surface area (Å²) < 4.78 is 5.09. The first-order chi connectivity index (χ1) is 10.5. The van der Waals surface area contributed by atoms with E-state index in [1.54, 1.807) is 19.2 Å². The third-order valence-corrected chi connectivity index (χ3v) is 3.02. The summed E-state index contributed by atoms with van der Waals surface area (Å²) in [4.78, 5) is 20.0. The quantitative estimate of drug-likeness (QED) is 0.885. The van der Waals surface area contributed by atoms with E-state index in [2.05, 4.69) is 20.6 Å². The van der Waals surface area contributed by atoms with Gasteiger partial charge in [0.1, 0.15) is 17.3 Å². The Kier molecular flexibility index (Phi) is 5.16. The summed E-state index contributed by atoms with van der Waals surface area (Å²) >= 11 is 6.06. The van der Waals surface area contributed by atoms with Crippen LogP contribution in [0.5, 0.6) is 5.75 Å². The van der Waals surface area contributed by atoms with Crippen LogP contribution in [0.25, 0.3) is 0 Å². The van der Waals surface area contributed by atoms with Crippen molar-refractivity contribution < 1.29 is 9.53 Å². The fourth-order valence-electron chi connectivity index (χ4n) is 1.74. The van der Waals surface area contributed by atoms with Crippen LogP contribution in [0.3, 0.4) is 0 Å². The maximum atomic E-state index is 11.8. The summed E-state index contributed by atoms with van der Waals surface area (Å²) in [5, 5.41) is 6.31. The number of rotatable bonds is 5. The highest BCUT2D eigenvalue weighted by molar-refractivity contribution is 6.32. The number of amides is 1. The molecule has 0 saturated carbocycles. The lowest BCUT2D eigenvalue weighted by molar-refractivity contribution is 0.0937. The summed E-state index contributed by atoms with van der Waals surface area (Å²) in [7, 11) is 1.56. The van der Waals surface area contributed by atoms with Gasteiger partial charge in [0.05, 0.1) is 24.5 Å². The summed E-state index contributed by atoms with van der Waals surface area (Å²) in [5.41, 5.74) is 1.02. The highest BCUT2D eigenvalue weighted by atomic mass is 35.5. The zero-order valence-corrected chi connectivity index (χ0v) is 13.3. The minimum Gasteiger partial charge on any atom is -0.495 e. The van der Waals surface area contributed by atoms with E-state index >= 15 is 0 Å². The largest absolute Gasteiger partial charge is 0.495 e. The van der Waals surface area contributed by atoms with Crippen LogP contribution in [-0.4, -0.2) is 29.0 Å². The molecule has 0 atom stereocenters. The monoisotopic (exact) mass is 320 g/mol. The molecule has 0 fully saturated rings. The molecule has 2 N–H and O–H groups in total. The van der Waals surface area contributed by atoms with Crippen molar-refractivity contribution in [2.24, 2.45) is 0 Å². The second-order valence-corrected chi connectivity index (χ2v) is 5.30. The van der Waals surface area contributed by atoms with E-state index in [-0.39, 0.29) is 17.6 Å². The van der Waals surface area contributed by atoms with Crippen molar-refractivity contribution in [2.45, 2.75) is 19.9 Å². The van der Waals surface area contributed by atoms with E-state index in [4.69, 9.17) is 16.3 Å². The Balaban J connectivity index is 2.08. The molecule has 7 heteroatoms. The molecule has 22 heavy (non-hydrogen) atoms. The molecule has 1 aromatic heterocycles. The van der Waals surface area contributed by atoms with E-state index in [1.807, 2.05) is 19.9 Å². The Bertz CT molecular complexity index is 659. The highest BCUT2D eigenvalue weighted by Crippen LogP contribution is 2.28. The molecule has 1 heterocycles. The molecular weight excluding hydrogens is 304 g/mol. The number of anilines is 2. The standard InChI is InChI=1S/C15H17ClN4O2/c1-9(2)19-15(21)12-7-18-14(8-17-12)20-10-4-5-13(22-3)11(16)6-10/h4-9H,1-3H3,(H,18,20)(H,19,21). The molecule has 0 aliphatic rings. The molecular formula is C15H17ClN4O2. The van der Waals surface area contributed by atoms with Crippen molar-refractivity contribution in [1.29, 1.82) is 0 Å². The van der Waals surface area contributed by atoms with Gasteiger partial charge in [-0.1, -0.05) is 11.6 Å². The number of benzene rings is 1. The van der Waals surface area contributed by atoms with Crippen molar-refractivity contribution in [3.05, 3.63) is 41.3 Å². The maximum absolute atomic E-state index is 11.8. The van der Waals surface area contributed by atoms with Crippen LogP contribution in [0.15, 0.2) is 30.6 Å². The smallest absolute Gasteiger partial charge is 0.271 e. The van der Waals surface area contributed by atoms with E-state index in [9.17, 15) is 4.79 Å². The first kappa shape index (κ1) is 16.0. The zero-order valence-electron chi connectivity index (χ0n) is 12.6. The maximum Gasteiger partial charge on any atom is 0.271 e. The van der Waals surface area contributed by atoms with E-state index in [1.165, 1.54) is 12.4 Å². The van der Waals surface area contributed by atoms with Crippen molar-refractivity contribution in [3.8, 4) is 5.75 Å². The molecule has 1 aromatic carbocycles. The molecule has 0 bridgehead atoms. The van der Waals surface area contributed by atoms with Gasteiger partial charge in [-0.25, -0.2) is 9.97 Å². The fraction of sp³-hybridized carbons (Fsp3) is 0.267. The number of hydrogen-bond donors (Lipinski definition) is 2. The molecule has 0 spiro atoms. The van der Waals surface area contributed by atoms with Gasteiger partial charge in [-0.05, 0) is 32.0 Å². The topological polar surface area (TPSA) is 76.1 Å². The number of methoxy groups -OCH3 is 1. The predicted octanol–water partition coefficient (Wildman–Crippen LogP) is 3.02.